The van der Waals surface area contributed by atoms with Gasteiger partial charge in [-0.05, 0) is 43.7 Å². The number of anilines is 2. The van der Waals surface area contributed by atoms with Gasteiger partial charge in [-0.25, -0.2) is 0 Å². The van der Waals surface area contributed by atoms with Gasteiger partial charge in [0.1, 0.15) is 5.75 Å². The van der Waals surface area contributed by atoms with Crippen LogP contribution in [-0.4, -0.2) is 19.1 Å². The Kier molecular flexibility index (Phi) is 5.67. The summed E-state index contributed by atoms with van der Waals surface area (Å²) in [5, 5.41) is 6.51. The molecule has 4 nitrogen and oxygen atoms in total. The molecule has 0 spiro atoms. The van der Waals surface area contributed by atoms with Crippen molar-refractivity contribution >= 4 is 28.9 Å². The fourth-order valence-electron chi connectivity index (χ4n) is 1.97. The molecule has 2 rings (SSSR count). The number of ether oxygens (including phenoxy) is 1. The van der Waals surface area contributed by atoms with Gasteiger partial charge in [0, 0.05) is 22.5 Å². The minimum atomic E-state index is -0.132. The topological polar surface area (TPSA) is 50.4 Å². The second-order valence-corrected chi connectivity index (χ2v) is 5.26. The first kappa shape index (κ1) is 16.2. The molecule has 0 aliphatic heterocycles. The molecule has 0 unspecified atom stereocenters. The lowest BCUT2D eigenvalue weighted by molar-refractivity contribution is -0.114. The van der Waals surface area contributed by atoms with E-state index in [0.717, 1.165) is 22.7 Å². The molecule has 0 radical (unpaired) electrons. The zero-order valence-corrected chi connectivity index (χ0v) is 13.4. The number of carbonyl (C=O) groups is 1. The summed E-state index contributed by atoms with van der Waals surface area (Å²) in [6, 6.07) is 12.9. The highest BCUT2D eigenvalue weighted by molar-refractivity contribution is 6.31. The smallest absolute Gasteiger partial charge is 0.243 e. The van der Waals surface area contributed by atoms with Crippen LogP contribution in [0.3, 0.4) is 0 Å². The average molecular weight is 319 g/mol. The van der Waals surface area contributed by atoms with Crippen LogP contribution in [0, 0.1) is 6.92 Å². The van der Waals surface area contributed by atoms with Crippen molar-refractivity contribution in [1.82, 2.24) is 0 Å². The van der Waals surface area contributed by atoms with Crippen LogP contribution in [0.25, 0.3) is 0 Å². The average Bonchev–Trinajstić information content (AvgIpc) is 2.50. The van der Waals surface area contributed by atoms with Crippen molar-refractivity contribution in [1.29, 1.82) is 0 Å². The number of amides is 1. The molecule has 22 heavy (non-hydrogen) atoms. The third kappa shape index (κ3) is 4.67. The van der Waals surface area contributed by atoms with E-state index in [4.69, 9.17) is 16.3 Å². The molecule has 5 heteroatoms. The number of hydrogen-bond donors (Lipinski definition) is 2. The van der Waals surface area contributed by atoms with Gasteiger partial charge in [0.05, 0.1) is 13.2 Å². The minimum absolute atomic E-state index is 0.132. The summed E-state index contributed by atoms with van der Waals surface area (Å²) >= 11 is 5.94. The number of aryl methyl sites for hydroxylation is 1. The predicted molar refractivity (Wildman–Crippen MR) is 90.9 cm³/mol. The Bertz CT molecular complexity index is 659. The van der Waals surface area contributed by atoms with Gasteiger partial charge in [-0.15, -0.1) is 0 Å². The molecule has 1 amide bonds. The number of hydrogen-bond acceptors (Lipinski definition) is 3. The van der Waals surface area contributed by atoms with Crippen molar-refractivity contribution in [3.8, 4) is 5.75 Å². The SMILES string of the molecule is CCOc1cccc(NCC(=O)Nc2cc(Cl)ccc2C)c1. The van der Waals surface area contributed by atoms with Gasteiger partial charge < -0.3 is 15.4 Å². The van der Waals surface area contributed by atoms with Crippen LogP contribution in [0.15, 0.2) is 42.5 Å². The van der Waals surface area contributed by atoms with E-state index in [1.807, 2.05) is 44.2 Å². The monoisotopic (exact) mass is 318 g/mol. The molecule has 2 aromatic rings. The Labute approximate surface area is 135 Å². The largest absolute Gasteiger partial charge is 0.494 e. The lowest BCUT2D eigenvalue weighted by Crippen LogP contribution is -2.22. The standard InChI is InChI=1S/C17H19ClN2O2/c1-3-22-15-6-4-5-14(10-15)19-11-17(21)20-16-9-13(18)8-7-12(16)2/h4-10,19H,3,11H2,1-2H3,(H,20,21). The number of nitrogens with one attached hydrogen (secondary N) is 2. The lowest BCUT2D eigenvalue weighted by atomic mass is 10.2. The molecule has 0 atom stereocenters. The van der Waals surface area contributed by atoms with Crippen LogP contribution in [0.4, 0.5) is 11.4 Å². The van der Waals surface area contributed by atoms with Crippen LogP contribution in [-0.2, 0) is 4.79 Å². The van der Waals surface area contributed by atoms with Crippen molar-refractivity contribution in [3.63, 3.8) is 0 Å². The molecule has 0 aromatic heterocycles. The molecule has 0 bridgehead atoms. The summed E-state index contributed by atoms with van der Waals surface area (Å²) in [5.74, 6) is 0.644. The van der Waals surface area contributed by atoms with Crippen molar-refractivity contribution in [2.75, 3.05) is 23.8 Å². The Morgan fingerprint density at radius 3 is 2.82 bits per heavy atom. The van der Waals surface area contributed by atoms with Gasteiger partial charge in [-0.1, -0.05) is 23.7 Å². The second kappa shape index (κ2) is 7.71. The number of carbonyl (C=O) groups excluding carboxylic acids is 1. The van der Waals surface area contributed by atoms with Gasteiger partial charge in [0.2, 0.25) is 5.91 Å². The molecule has 0 aliphatic rings. The maximum atomic E-state index is 12.0. The van der Waals surface area contributed by atoms with E-state index in [-0.39, 0.29) is 12.5 Å². The Hall–Kier alpha value is -2.20. The molecule has 0 heterocycles. The van der Waals surface area contributed by atoms with E-state index in [1.54, 1.807) is 12.1 Å². The maximum absolute atomic E-state index is 12.0. The Balaban J connectivity index is 1.92. The summed E-state index contributed by atoms with van der Waals surface area (Å²) < 4.78 is 5.42. The van der Waals surface area contributed by atoms with Crippen molar-refractivity contribution in [2.24, 2.45) is 0 Å². The van der Waals surface area contributed by atoms with E-state index in [2.05, 4.69) is 10.6 Å². The minimum Gasteiger partial charge on any atom is -0.494 e. The van der Waals surface area contributed by atoms with E-state index in [1.165, 1.54) is 0 Å². The van der Waals surface area contributed by atoms with Crippen molar-refractivity contribution in [3.05, 3.63) is 53.1 Å². The van der Waals surface area contributed by atoms with E-state index in [0.29, 0.717) is 11.6 Å². The maximum Gasteiger partial charge on any atom is 0.243 e. The highest BCUT2D eigenvalue weighted by Gasteiger charge is 2.06. The number of halogens is 1. The first-order chi connectivity index (χ1) is 10.6. The molecular formula is C17H19ClN2O2. The normalized spacial score (nSPS) is 10.1. The van der Waals surface area contributed by atoms with E-state index in [9.17, 15) is 4.79 Å². The molecule has 0 saturated carbocycles. The van der Waals surface area contributed by atoms with Crippen LogP contribution in [0.2, 0.25) is 5.02 Å². The third-order valence-electron chi connectivity index (χ3n) is 3.07. The van der Waals surface area contributed by atoms with Crippen molar-refractivity contribution < 1.29 is 9.53 Å². The molecule has 0 aliphatic carbocycles. The quantitative estimate of drug-likeness (QED) is 0.843. The summed E-state index contributed by atoms with van der Waals surface area (Å²) in [6.07, 6.45) is 0. The molecule has 0 fully saturated rings. The van der Waals surface area contributed by atoms with Crippen LogP contribution < -0.4 is 15.4 Å². The summed E-state index contributed by atoms with van der Waals surface area (Å²) in [6.45, 7) is 4.63. The van der Waals surface area contributed by atoms with Crippen LogP contribution in [0.1, 0.15) is 12.5 Å². The van der Waals surface area contributed by atoms with Crippen molar-refractivity contribution in [2.45, 2.75) is 13.8 Å². The van der Waals surface area contributed by atoms with Gasteiger partial charge >= 0.3 is 0 Å². The van der Waals surface area contributed by atoms with E-state index >= 15 is 0 Å². The lowest BCUT2D eigenvalue weighted by Gasteiger charge is -2.11. The highest BCUT2D eigenvalue weighted by Crippen LogP contribution is 2.20. The molecule has 116 valence electrons. The van der Waals surface area contributed by atoms with Crippen LogP contribution in [0.5, 0.6) is 5.75 Å². The Morgan fingerprint density at radius 2 is 2.05 bits per heavy atom. The fraction of sp³-hybridized carbons (Fsp3) is 0.235. The fourth-order valence-corrected chi connectivity index (χ4v) is 2.14. The molecular weight excluding hydrogens is 300 g/mol. The molecule has 2 N–H and O–H groups in total. The predicted octanol–water partition coefficient (Wildman–Crippen LogP) is 4.10. The van der Waals surface area contributed by atoms with Gasteiger partial charge in [0.25, 0.3) is 0 Å². The van der Waals surface area contributed by atoms with E-state index < -0.39 is 0 Å². The summed E-state index contributed by atoms with van der Waals surface area (Å²) in [7, 11) is 0. The van der Waals surface area contributed by atoms with Gasteiger partial charge in [0.15, 0.2) is 0 Å². The first-order valence-corrected chi connectivity index (χ1v) is 7.49. The molecule has 2 aromatic carbocycles. The highest BCUT2D eigenvalue weighted by atomic mass is 35.5. The zero-order chi connectivity index (χ0) is 15.9. The van der Waals surface area contributed by atoms with Gasteiger partial charge in [-0.2, -0.15) is 0 Å². The number of rotatable bonds is 6. The summed E-state index contributed by atoms with van der Waals surface area (Å²) in [5.41, 5.74) is 2.53. The van der Waals surface area contributed by atoms with Gasteiger partial charge in [-0.3, -0.25) is 4.79 Å². The zero-order valence-electron chi connectivity index (χ0n) is 12.7. The van der Waals surface area contributed by atoms with Crippen LogP contribution >= 0.6 is 11.6 Å². The second-order valence-electron chi connectivity index (χ2n) is 4.82. The third-order valence-corrected chi connectivity index (χ3v) is 3.31. The molecule has 0 saturated heterocycles. The summed E-state index contributed by atoms with van der Waals surface area (Å²) in [4.78, 5) is 12.0. The first-order valence-electron chi connectivity index (χ1n) is 7.11. The Morgan fingerprint density at radius 1 is 1.23 bits per heavy atom. The number of benzene rings is 2.